The first kappa shape index (κ1) is 33.1. The third-order valence-electron chi connectivity index (χ3n) is 9.24. The van der Waals surface area contributed by atoms with Gasteiger partial charge in [-0.2, -0.15) is 0 Å². The highest BCUT2D eigenvalue weighted by Gasteiger charge is 2.35. The Balaban J connectivity index is 1.95. The largest absolute Gasteiger partial charge is 0.507 e. The molecule has 0 aromatic heterocycles. The van der Waals surface area contributed by atoms with E-state index in [0.717, 1.165) is 27.8 Å². The van der Waals surface area contributed by atoms with Crippen LogP contribution in [-0.4, -0.2) is 40.9 Å². The molecule has 0 saturated heterocycles. The molecule has 1 unspecified atom stereocenters. The fourth-order valence-corrected chi connectivity index (χ4v) is 6.00. The van der Waals surface area contributed by atoms with Crippen molar-refractivity contribution in [2.45, 2.75) is 78.2 Å². The average molecular weight is 603 g/mol. The van der Waals surface area contributed by atoms with Gasteiger partial charge in [0.05, 0.1) is 39.6 Å². The molecular weight excluding hydrogens is 560 g/mol. The molecule has 0 bridgehead atoms. The second-order valence-corrected chi connectivity index (χ2v) is 12.0. The van der Waals surface area contributed by atoms with Gasteiger partial charge in [0.2, 0.25) is 0 Å². The highest BCUT2D eigenvalue weighted by Crippen LogP contribution is 2.44. The molecular formula is C36H42O8. The van der Waals surface area contributed by atoms with Crippen molar-refractivity contribution in [3.8, 4) is 11.5 Å². The van der Waals surface area contributed by atoms with Crippen molar-refractivity contribution in [3.05, 3.63) is 127 Å². The number of aliphatic hydroxyl groups excluding tert-OH is 6. The minimum absolute atomic E-state index is 0.123. The molecule has 4 rings (SSSR count). The van der Waals surface area contributed by atoms with Crippen molar-refractivity contribution in [2.24, 2.45) is 0 Å². The molecule has 0 aliphatic carbocycles. The SMILES string of the molecule is Cc1c(CO)cc(C(C)(c2ccc(C(C)(C)c3cc(CO)c(O)c(CO)c3)cc2)c2cc(CO)c(O)c(CO)c2)cc1CO. The van der Waals surface area contributed by atoms with Gasteiger partial charge < -0.3 is 40.9 Å². The van der Waals surface area contributed by atoms with E-state index in [1.54, 1.807) is 24.3 Å². The van der Waals surface area contributed by atoms with Crippen molar-refractivity contribution in [1.82, 2.24) is 0 Å². The summed E-state index contributed by atoms with van der Waals surface area (Å²) in [5.41, 5.74) is 5.80. The maximum absolute atomic E-state index is 10.6. The van der Waals surface area contributed by atoms with Crippen molar-refractivity contribution >= 4 is 0 Å². The van der Waals surface area contributed by atoms with Crippen LogP contribution in [0.5, 0.6) is 11.5 Å². The zero-order chi connectivity index (χ0) is 32.4. The Hall–Kier alpha value is -3.76. The molecule has 234 valence electrons. The Bertz CT molecular complexity index is 1500. The quantitative estimate of drug-likeness (QED) is 0.119. The van der Waals surface area contributed by atoms with E-state index in [9.17, 15) is 40.9 Å². The molecule has 0 heterocycles. The monoisotopic (exact) mass is 602 g/mol. The zero-order valence-electron chi connectivity index (χ0n) is 25.6. The van der Waals surface area contributed by atoms with Crippen LogP contribution in [0, 0.1) is 6.92 Å². The van der Waals surface area contributed by atoms with Crippen LogP contribution in [0.1, 0.15) is 87.5 Å². The van der Waals surface area contributed by atoms with Gasteiger partial charge in [0.1, 0.15) is 11.5 Å². The van der Waals surface area contributed by atoms with Gasteiger partial charge in [-0.25, -0.2) is 0 Å². The molecule has 1 atom stereocenters. The summed E-state index contributed by atoms with van der Waals surface area (Å²) in [4.78, 5) is 0. The smallest absolute Gasteiger partial charge is 0.126 e. The first-order valence-electron chi connectivity index (χ1n) is 14.5. The van der Waals surface area contributed by atoms with Crippen LogP contribution in [0.15, 0.2) is 60.7 Å². The number of phenols is 2. The predicted molar refractivity (Wildman–Crippen MR) is 167 cm³/mol. The van der Waals surface area contributed by atoms with E-state index in [4.69, 9.17) is 0 Å². The molecule has 0 aliphatic rings. The average Bonchev–Trinajstić information content (AvgIpc) is 3.04. The lowest BCUT2D eigenvalue weighted by molar-refractivity contribution is 0.262. The summed E-state index contributed by atoms with van der Waals surface area (Å²) in [5.74, 6) is -0.297. The number of hydrogen-bond donors (Lipinski definition) is 8. The maximum Gasteiger partial charge on any atom is 0.126 e. The third kappa shape index (κ3) is 5.73. The normalized spacial score (nSPS) is 13.2. The van der Waals surface area contributed by atoms with Gasteiger partial charge in [-0.15, -0.1) is 0 Å². The van der Waals surface area contributed by atoms with Crippen molar-refractivity contribution in [1.29, 1.82) is 0 Å². The topological polar surface area (TPSA) is 162 Å². The van der Waals surface area contributed by atoms with Crippen LogP contribution in [0.3, 0.4) is 0 Å². The van der Waals surface area contributed by atoms with Crippen molar-refractivity contribution < 1.29 is 40.9 Å². The molecule has 4 aromatic rings. The molecule has 0 aliphatic heterocycles. The number of aliphatic hydroxyl groups is 6. The summed E-state index contributed by atoms with van der Waals surface area (Å²) in [6.07, 6.45) is 0. The Morgan fingerprint density at radius 3 is 1.07 bits per heavy atom. The predicted octanol–water partition coefficient (Wildman–Crippen LogP) is 4.04. The van der Waals surface area contributed by atoms with Crippen LogP contribution in [-0.2, 0) is 50.5 Å². The first-order chi connectivity index (χ1) is 20.9. The second-order valence-electron chi connectivity index (χ2n) is 12.0. The summed E-state index contributed by atoms with van der Waals surface area (Å²) in [6, 6.07) is 18.5. The van der Waals surface area contributed by atoms with Gasteiger partial charge >= 0.3 is 0 Å². The first-order valence-corrected chi connectivity index (χ1v) is 14.5. The van der Waals surface area contributed by atoms with E-state index in [1.807, 2.05) is 64.1 Å². The summed E-state index contributed by atoms with van der Waals surface area (Å²) >= 11 is 0. The van der Waals surface area contributed by atoms with Gasteiger partial charge in [0, 0.05) is 33.1 Å². The van der Waals surface area contributed by atoms with E-state index in [0.29, 0.717) is 27.8 Å². The van der Waals surface area contributed by atoms with E-state index >= 15 is 0 Å². The maximum atomic E-state index is 10.6. The Labute approximate surface area is 257 Å². The van der Waals surface area contributed by atoms with Crippen LogP contribution in [0.25, 0.3) is 0 Å². The highest BCUT2D eigenvalue weighted by atomic mass is 16.3. The lowest BCUT2D eigenvalue weighted by Gasteiger charge is -2.35. The standard InChI is InChI=1S/C36H42O8/c1-21-22(15-37)9-31(10-23(21)16-38)36(4,32-13-26(19-41)34(44)27(14-32)20-42)29-7-5-28(6-8-29)35(2,3)30-11-24(17-39)33(43)25(12-30)18-40/h5-14,37-44H,15-20H2,1-4H3. The number of rotatable bonds is 11. The second kappa shape index (κ2) is 13.1. The van der Waals surface area contributed by atoms with Crippen molar-refractivity contribution in [2.75, 3.05) is 0 Å². The molecule has 0 saturated carbocycles. The number of aromatic hydroxyl groups is 2. The minimum atomic E-state index is -0.918. The Morgan fingerprint density at radius 2 is 0.727 bits per heavy atom. The van der Waals surface area contributed by atoms with E-state index in [-0.39, 0.29) is 49.1 Å². The summed E-state index contributed by atoms with van der Waals surface area (Å²) in [7, 11) is 0. The van der Waals surface area contributed by atoms with E-state index in [1.165, 1.54) is 0 Å². The van der Waals surface area contributed by atoms with Crippen LogP contribution in [0.4, 0.5) is 0 Å². The van der Waals surface area contributed by atoms with Gasteiger partial charge in [-0.3, -0.25) is 0 Å². The van der Waals surface area contributed by atoms with Gasteiger partial charge in [-0.1, -0.05) is 50.2 Å². The third-order valence-corrected chi connectivity index (χ3v) is 9.24. The molecule has 0 amide bonds. The molecule has 44 heavy (non-hydrogen) atoms. The fraction of sp³-hybridized carbons (Fsp3) is 0.333. The number of benzene rings is 4. The lowest BCUT2D eigenvalue weighted by Crippen LogP contribution is -2.27. The van der Waals surface area contributed by atoms with Crippen molar-refractivity contribution in [3.63, 3.8) is 0 Å². The molecule has 0 radical (unpaired) electrons. The number of hydrogen-bond acceptors (Lipinski definition) is 8. The molecule has 4 aromatic carbocycles. The van der Waals surface area contributed by atoms with Gasteiger partial charge in [0.15, 0.2) is 0 Å². The molecule has 0 fully saturated rings. The van der Waals surface area contributed by atoms with Crippen LogP contribution >= 0.6 is 0 Å². The summed E-state index contributed by atoms with van der Waals surface area (Å²) in [6.45, 7) is 5.77. The fourth-order valence-electron chi connectivity index (χ4n) is 6.00. The summed E-state index contributed by atoms with van der Waals surface area (Å²) in [5, 5.41) is 81.0. The molecule has 8 nitrogen and oxygen atoms in total. The minimum Gasteiger partial charge on any atom is -0.507 e. The Morgan fingerprint density at radius 1 is 0.432 bits per heavy atom. The van der Waals surface area contributed by atoms with Gasteiger partial charge in [-0.05, 0) is 82.6 Å². The van der Waals surface area contributed by atoms with E-state index < -0.39 is 24.0 Å². The summed E-state index contributed by atoms with van der Waals surface area (Å²) < 4.78 is 0. The highest BCUT2D eigenvalue weighted by molar-refractivity contribution is 5.57. The van der Waals surface area contributed by atoms with Crippen LogP contribution in [0.2, 0.25) is 0 Å². The molecule has 0 spiro atoms. The zero-order valence-corrected chi connectivity index (χ0v) is 25.6. The van der Waals surface area contributed by atoms with Gasteiger partial charge in [0.25, 0.3) is 0 Å². The van der Waals surface area contributed by atoms with E-state index in [2.05, 4.69) is 0 Å². The lowest BCUT2D eigenvalue weighted by atomic mass is 9.68. The molecule has 8 heteroatoms. The Kier molecular flexibility index (Phi) is 9.85. The molecule has 8 N–H and O–H groups in total. The van der Waals surface area contributed by atoms with Crippen LogP contribution < -0.4 is 0 Å².